The average Bonchev–Trinajstić information content (AvgIpc) is 3.24. The van der Waals surface area contributed by atoms with E-state index < -0.39 is 12.0 Å². The molecule has 148 valence electrons. The number of halogens is 3. The molecular formula is C19H20ClF2N5O. The van der Waals surface area contributed by atoms with Gasteiger partial charge in [-0.2, -0.15) is 5.10 Å². The summed E-state index contributed by atoms with van der Waals surface area (Å²) in [4.78, 5) is 15.4. The molecule has 1 saturated carbocycles. The number of hydrogen-bond donors (Lipinski definition) is 3. The summed E-state index contributed by atoms with van der Waals surface area (Å²) in [5, 5.41) is 11.1. The largest absolute Gasteiger partial charge is 0.359 e. The Bertz CT molecular complexity index is 989. The van der Waals surface area contributed by atoms with Crippen LogP contribution in [-0.2, 0) is 6.54 Å². The van der Waals surface area contributed by atoms with Crippen LogP contribution in [0.1, 0.15) is 25.7 Å². The van der Waals surface area contributed by atoms with Crippen LogP contribution in [0.3, 0.4) is 0 Å². The van der Waals surface area contributed by atoms with Crippen LogP contribution in [-0.4, -0.2) is 26.7 Å². The van der Waals surface area contributed by atoms with Gasteiger partial charge in [0.25, 0.3) is 0 Å². The summed E-state index contributed by atoms with van der Waals surface area (Å²) >= 11 is 6.02. The topological polar surface area (TPSA) is 74.7 Å². The van der Waals surface area contributed by atoms with Gasteiger partial charge in [0.15, 0.2) is 0 Å². The van der Waals surface area contributed by atoms with Crippen LogP contribution in [0, 0.1) is 5.92 Å². The lowest BCUT2D eigenvalue weighted by Crippen LogP contribution is -2.26. The first-order valence-electron chi connectivity index (χ1n) is 9.13. The summed E-state index contributed by atoms with van der Waals surface area (Å²) in [5.74, 6) is -2.35. The van der Waals surface area contributed by atoms with E-state index in [1.165, 1.54) is 0 Å². The Morgan fingerprint density at radius 3 is 2.89 bits per heavy atom. The fourth-order valence-electron chi connectivity index (χ4n) is 3.56. The fourth-order valence-corrected chi connectivity index (χ4v) is 3.73. The Kier molecular flexibility index (Phi) is 4.97. The number of urea groups is 1. The number of carbonyl (C=O) groups excluding carboxylic acids is 1. The van der Waals surface area contributed by atoms with Gasteiger partial charge in [-0.15, -0.1) is 0 Å². The number of alkyl halides is 2. The molecule has 0 saturated heterocycles. The van der Waals surface area contributed by atoms with Crippen molar-refractivity contribution in [1.29, 1.82) is 0 Å². The van der Waals surface area contributed by atoms with Gasteiger partial charge < -0.3 is 15.6 Å². The number of aromatic amines is 1. The number of nitrogens with one attached hydrogen (secondary N) is 3. The standard InChI is InChI=1S/C19H20ClF2N5O/c20-13-1-2-16-15(7-13)17(9-23-16)26-18(28)25-14-8-24-27(11-14)10-12-3-5-19(21,22)6-4-12/h1-2,7-9,11-12,23H,3-6,10H2,(H2,25,26,28). The number of rotatable bonds is 4. The van der Waals surface area contributed by atoms with Crippen molar-refractivity contribution in [1.82, 2.24) is 14.8 Å². The third kappa shape index (κ3) is 4.27. The molecule has 2 aromatic heterocycles. The molecule has 0 unspecified atom stereocenters. The zero-order valence-electron chi connectivity index (χ0n) is 15.0. The minimum Gasteiger partial charge on any atom is -0.359 e. The third-order valence-electron chi connectivity index (χ3n) is 5.07. The number of aromatic nitrogens is 3. The van der Waals surface area contributed by atoms with E-state index in [9.17, 15) is 13.6 Å². The molecule has 0 radical (unpaired) electrons. The van der Waals surface area contributed by atoms with Crippen LogP contribution < -0.4 is 10.6 Å². The molecule has 0 spiro atoms. The van der Waals surface area contributed by atoms with Gasteiger partial charge in [-0.25, -0.2) is 13.6 Å². The lowest BCUT2D eigenvalue weighted by molar-refractivity contribution is -0.0476. The number of fused-ring (bicyclic) bond motifs is 1. The molecule has 1 aliphatic carbocycles. The number of nitrogens with zero attached hydrogens (tertiary/aromatic N) is 2. The summed E-state index contributed by atoms with van der Waals surface area (Å²) in [5.41, 5.74) is 2.02. The Morgan fingerprint density at radius 2 is 2.11 bits per heavy atom. The van der Waals surface area contributed by atoms with Gasteiger partial charge in [0.2, 0.25) is 5.92 Å². The molecular weight excluding hydrogens is 388 g/mol. The van der Waals surface area contributed by atoms with Gasteiger partial charge in [0.1, 0.15) is 0 Å². The van der Waals surface area contributed by atoms with Crippen LogP contribution >= 0.6 is 11.6 Å². The molecule has 0 aliphatic heterocycles. The highest BCUT2D eigenvalue weighted by molar-refractivity contribution is 6.31. The first-order chi connectivity index (χ1) is 13.4. The van der Waals surface area contributed by atoms with Gasteiger partial charge in [0, 0.05) is 47.7 Å². The van der Waals surface area contributed by atoms with Crippen molar-refractivity contribution in [2.24, 2.45) is 5.92 Å². The van der Waals surface area contributed by atoms with Crippen LogP contribution in [0.2, 0.25) is 5.02 Å². The quantitative estimate of drug-likeness (QED) is 0.535. The van der Waals surface area contributed by atoms with E-state index in [4.69, 9.17) is 11.6 Å². The number of hydrogen-bond acceptors (Lipinski definition) is 2. The first kappa shape index (κ1) is 18.7. The molecule has 28 heavy (non-hydrogen) atoms. The van der Waals surface area contributed by atoms with E-state index in [-0.39, 0.29) is 18.8 Å². The predicted molar refractivity (Wildman–Crippen MR) is 105 cm³/mol. The summed E-state index contributed by atoms with van der Waals surface area (Å²) in [6, 6.07) is 4.98. The number of carbonyl (C=O) groups is 1. The van der Waals surface area contributed by atoms with E-state index in [0.717, 1.165) is 10.9 Å². The molecule has 3 N–H and O–H groups in total. The number of H-pyrrole nitrogens is 1. The van der Waals surface area contributed by atoms with Crippen molar-refractivity contribution in [2.75, 3.05) is 10.6 Å². The van der Waals surface area contributed by atoms with Gasteiger partial charge in [-0.05, 0) is 37.0 Å². The van der Waals surface area contributed by atoms with Crippen LogP contribution in [0.4, 0.5) is 25.0 Å². The normalized spacial score (nSPS) is 17.0. The zero-order valence-corrected chi connectivity index (χ0v) is 15.8. The second kappa shape index (κ2) is 7.43. The highest BCUT2D eigenvalue weighted by atomic mass is 35.5. The first-order valence-corrected chi connectivity index (χ1v) is 9.51. The minimum absolute atomic E-state index is 0.0684. The van der Waals surface area contributed by atoms with E-state index >= 15 is 0 Å². The summed E-state index contributed by atoms with van der Waals surface area (Å²) in [6.07, 6.45) is 5.78. The molecule has 9 heteroatoms. The van der Waals surface area contributed by atoms with Gasteiger partial charge in [-0.1, -0.05) is 11.6 Å². The maximum absolute atomic E-state index is 13.3. The average molecular weight is 408 g/mol. The van der Waals surface area contributed by atoms with Gasteiger partial charge in [-0.3, -0.25) is 4.68 Å². The lowest BCUT2D eigenvalue weighted by Gasteiger charge is -2.28. The lowest BCUT2D eigenvalue weighted by atomic mass is 9.87. The van der Waals surface area contributed by atoms with E-state index in [1.54, 1.807) is 35.4 Å². The highest BCUT2D eigenvalue weighted by Gasteiger charge is 2.34. The molecule has 1 aromatic carbocycles. The van der Waals surface area contributed by atoms with Crippen molar-refractivity contribution in [3.63, 3.8) is 0 Å². The molecule has 4 rings (SSSR count). The summed E-state index contributed by atoms with van der Waals surface area (Å²) in [6.45, 7) is 0.570. The summed E-state index contributed by atoms with van der Waals surface area (Å²) in [7, 11) is 0. The van der Waals surface area contributed by atoms with Crippen molar-refractivity contribution in [3.05, 3.63) is 41.8 Å². The molecule has 2 amide bonds. The number of benzene rings is 1. The smallest absolute Gasteiger partial charge is 0.323 e. The second-order valence-corrected chi connectivity index (χ2v) is 7.66. The van der Waals surface area contributed by atoms with Crippen LogP contribution in [0.15, 0.2) is 36.8 Å². The van der Waals surface area contributed by atoms with E-state index in [2.05, 4.69) is 20.7 Å². The van der Waals surface area contributed by atoms with Gasteiger partial charge in [0.05, 0.1) is 17.6 Å². The Morgan fingerprint density at radius 1 is 1.32 bits per heavy atom. The fraction of sp³-hybridized carbons (Fsp3) is 0.368. The maximum atomic E-state index is 13.3. The van der Waals surface area contributed by atoms with Crippen LogP contribution in [0.25, 0.3) is 10.9 Å². The molecule has 2 heterocycles. The summed E-state index contributed by atoms with van der Waals surface area (Å²) < 4.78 is 28.2. The van der Waals surface area contributed by atoms with Crippen molar-refractivity contribution in [2.45, 2.75) is 38.2 Å². The number of amides is 2. The molecule has 0 bridgehead atoms. The highest BCUT2D eigenvalue weighted by Crippen LogP contribution is 2.36. The zero-order chi connectivity index (χ0) is 19.7. The monoisotopic (exact) mass is 407 g/mol. The molecule has 3 aromatic rings. The van der Waals surface area contributed by atoms with Crippen LogP contribution in [0.5, 0.6) is 0 Å². The van der Waals surface area contributed by atoms with E-state index in [0.29, 0.717) is 35.8 Å². The molecule has 0 atom stereocenters. The van der Waals surface area contributed by atoms with Crippen molar-refractivity contribution >= 4 is 39.9 Å². The third-order valence-corrected chi connectivity index (χ3v) is 5.30. The minimum atomic E-state index is -2.53. The maximum Gasteiger partial charge on any atom is 0.323 e. The Balaban J connectivity index is 1.34. The molecule has 1 aliphatic rings. The SMILES string of the molecule is O=C(Nc1cnn(CC2CCC(F)(F)CC2)c1)Nc1c[nH]c2ccc(Cl)cc12. The Hall–Kier alpha value is -2.61. The van der Waals surface area contributed by atoms with Gasteiger partial charge >= 0.3 is 6.03 Å². The van der Waals surface area contributed by atoms with E-state index in [1.807, 2.05) is 6.07 Å². The predicted octanol–water partition coefficient (Wildman–Crippen LogP) is 5.49. The second-order valence-electron chi connectivity index (χ2n) is 7.22. The molecule has 1 fully saturated rings. The van der Waals surface area contributed by atoms with Crippen molar-refractivity contribution in [3.8, 4) is 0 Å². The Labute approximate surface area is 165 Å². The number of anilines is 2. The molecule has 6 nitrogen and oxygen atoms in total. The van der Waals surface area contributed by atoms with Crippen molar-refractivity contribution < 1.29 is 13.6 Å².